The zero-order chi connectivity index (χ0) is 8.24. The van der Waals surface area contributed by atoms with Gasteiger partial charge in [-0.25, -0.2) is 0 Å². The fourth-order valence-electron chi connectivity index (χ4n) is 0.0861. The van der Waals surface area contributed by atoms with E-state index >= 15 is 0 Å². The average Bonchev–Trinajstić information content (AvgIpc) is 1.93. The molecule has 4 nitrogen and oxygen atoms in total. The summed E-state index contributed by atoms with van der Waals surface area (Å²) in [4.78, 5) is 0. The number of nitrogens with one attached hydrogen (secondary N) is 2. The molecule has 0 aromatic carbocycles. The van der Waals surface area contributed by atoms with Crippen LogP contribution in [0.3, 0.4) is 0 Å². The van der Waals surface area contributed by atoms with Crippen molar-refractivity contribution in [1.29, 1.82) is 0 Å². The summed E-state index contributed by atoms with van der Waals surface area (Å²) < 4.78 is 0. The fraction of sp³-hybridized carbons (Fsp3) is 0. The third-order valence-electron chi connectivity index (χ3n) is 0.365. The third-order valence-corrected chi connectivity index (χ3v) is 0.365. The van der Waals surface area contributed by atoms with E-state index in [4.69, 9.17) is 22.3 Å². The van der Waals surface area contributed by atoms with Crippen LogP contribution >= 0.6 is 0 Å². The summed E-state index contributed by atoms with van der Waals surface area (Å²) in [5, 5.41) is 15.5. The molecule has 0 rings (SSSR count). The zero-order valence-electron chi connectivity index (χ0n) is 5.67. The minimum absolute atomic E-state index is 0. The monoisotopic (exact) mass is 224 g/mol. The molecule has 72 valence electrons. The molecule has 0 fully saturated rings. The Hall–Kier alpha value is -0.554. The summed E-state index contributed by atoms with van der Waals surface area (Å²) >= 11 is 0. The van der Waals surface area contributed by atoms with Crippen molar-refractivity contribution in [2.75, 3.05) is 0 Å². The Morgan fingerprint density at radius 1 is 0.833 bits per heavy atom. The molecule has 0 radical (unpaired) electrons. The number of hydrogen-bond donors (Lipinski definition) is 0. The predicted octanol–water partition coefficient (Wildman–Crippen LogP) is 1.20. The smallest absolute Gasteiger partial charge is 0.187 e. The quantitative estimate of drug-likeness (QED) is 0.498. The van der Waals surface area contributed by atoms with E-state index < -0.39 is 0 Å². The molecule has 0 atom stereocenters. The maximum absolute atomic E-state index is 7.73. The van der Waals surface area contributed by atoms with Gasteiger partial charge in [0.15, 0.2) is 17.4 Å². The van der Waals surface area contributed by atoms with Crippen LogP contribution in [0.4, 0.5) is 0 Å². The van der Waals surface area contributed by atoms with Crippen LogP contribution in [-0.4, -0.2) is 29.8 Å². The van der Waals surface area contributed by atoms with E-state index in [0.29, 0.717) is 0 Å². The van der Waals surface area contributed by atoms with Gasteiger partial charge in [0.1, 0.15) is 0 Å². The second-order valence-corrected chi connectivity index (χ2v) is 1.02. The third kappa shape index (κ3) is 56.7. The summed E-state index contributed by atoms with van der Waals surface area (Å²) in [7, 11) is 0. The Bertz CT molecular complexity index is 120. The number of rotatable bonds is 2. The van der Waals surface area contributed by atoms with Gasteiger partial charge >= 0.3 is 0 Å². The molecule has 0 aliphatic rings. The number of hydrogen-bond acceptors (Lipinski definition) is 0. The van der Waals surface area contributed by atoms with Crippen molar-refractivity contribution < 1.29 is 16.5 Å². The van der Waals surface area contributed by atoms with Crippen molar-refractivity contribution in [3.8, 4) is 0 Å². The van der Waals surface area contributed by atoms with Gasteiger partial charge in [-0.1, -0.05) is 0 Å². The first-order valence-electron chi connectivity index (χ1n) is 2.43. The molecule has 0 aliphatic heterocycles. The van der Waals surface area contributed by atoms with E-state index in [-0.39, 0.29) is 33.9 Å². The van der Waals surface area contributed by atoms with E-state index in [1.165, 1.54) is 12.2 Å². The van der Waals surface area contributed by atoms with E-state index in [1.54, 1.807) is 0 Å². The van der Waals surface area contributed by atoms with Crippen molar-refractivity contribution in [1.82, 2.24) is 0 Å². The van der Waals surface area contributed by atoms with Crippen LogP contribution in [0, 0.1) is 0 Å². The molecule has 0 unspecified atom stereocenters. The van der Waals surface area contributed by atoms with Crippen LogP contribution in [0.2, 0.25) is 0 Å². The van der Waals surface area contributed by atoms with E-state index in [2.05, 4.69) is 0 Å². The maximum atomic E-state index is 7.73. The molecule has 12 heavy (non-hydrogen) atoms. The van der Waals surface area contributed by atoms with Crippen LogP contribution in [0.5, 0.6) is 0 Å². The van der Waals surface area contributed by atoms with Crippen LogP contribution in [-0.2, 0) is 16.5 Å². The van der Waals surface area contributed by atoms with Crippen LogP contribution in [0.25, 0.3) is 22.3 Å². The van der Waals surface area contributed by atoms with Crippen molar-refractivity contribution in [3.63, 3.8) is 0 Å². The van der Waals surface area contributed by atoms with E-state index in [9.17, 15) is 0 Å². The predicted molar refractivity (Wildman–Crippen MR) is 55.7 cm³/mol. The van der Waals surface area contributed by atoms with Crippen molar-refractivity contribution in [2.45, 2.75) is 0 Å². The van der Waals surface area contributed by atoms with Crippen LogP contribution in [0.15, 0.2) is 24.6 Å². The van der Waals surface area contributed by atoms with Crippen LogP contribution < -0.4 is 0 Å². The van der Waals surface area contributed by atoms with Gasteiger partial charge in [-0.3, -0.25) is 0 Å². The Morgan fingerprint density at radius 3 is 1.08 bits per heavy atom. The van der Waals surface area contributed by atoms with Gasteiger partial charge in [-0.2, -0.15) is 24.8 Å². The Balaban J connectivity index is -0.0000000457. The molecule has 2 N–H and O–H groups in total. The van der Waals surface area contributed by atoms with Gasteiger partial charge in [0, 0.05) is 16.5 Å². The number of nitrogens with zero attached hydrogens (tertiary/aromatic N) is 2. The van der Waals surface area contributed by atoms with Crippen LogP contribution in [0.1, 0.15) is 0 Å². The molecular formula is C6H11AlN4Ni-4. The summed E-state index contributed by atoms with van der Waals surface area (Å²) in [6.45, 7) is 0. The summed E-state index contributed by atoms with van der Waals surface area (Å²) in [5.74, 6) is 0. The normalized spacial score (nSPS) is 7.33. The number of allylic oxidation sites excluding steroid dienone is 2. The minimum Gasteiger partial charge on any atom is -0.811 e. The van der Waals surface area contributed by atoms with Gasteiger partial charge in [0.25, 0.3) is 0 Å². The fourth-order valence-corrected chi connectivity index (χ4v) is 0.0861. The summed E-state index contributed by atoms with van der Waals surface area (Å²) in [6.07, 6.45) is 6.07. The molecule has 0 aromatic rings. The van der Waals surface area contributed by atoms with Gasteiger partial charge in [0.2, 0.25) is 0 Å². The van der Waals surface area contributed by atoms with Gasteiger partial charge in [-0.15, -0.1) is 12.2 Å². The first-order chi connectivity index (χ1) is 4.83. The molecular weight excluding hydrogens is 214 g/mol. The standard InChI is InChI=1S/2C3H4N2.Al.Ni.3H/c2*4-2-1-3-5;;;;;/h2*1-4H;;;;;/q2*-2;;;;;. The Labute approximate surface area is 93.2 Å². The molecule has 0 aliphatic carbocycles. The first kappa shape index (κ1) is 22.5. The van der Waals surface area contributed by atoms with E-state index in [0.717, 1.165) is 24.8 Å². The average molecular weight is 225 g/mol. The molecule has 0 aromatic heterocycles. The first-order valence-corrected chi connectivity index (χ1v) is 2.43. The zero-order valence-corrected chi connectivity index (χ0v) is 6.66. The van der Waals surface area contributed by atoms with Crippen molar-refractivity contribution in [2.24, 2.45) is 0 Å². The second kappa shape index (κ2) is 31.4. The van der Waals surface area contributed by atoms with Crippen molar-refractivity contribution in [3.05, 3.63) is 46.8 Å². The largest absolute Gasteiger partial charge is 0.811 e. The topological polar surface area (TPSA) is 92.2 Å². The molecule has 0 bridgehead atoms. The minimum atomic E-state index is 0. The molecule has 0 spiro atoms. The maximum Gasteiger partial charge on any atom is 0.187 e. The summed E-state index contributed by atoms with van der Waals surface area (Å²) in [6, 6.07) is 0. The Morgan fingerprint density at radius 2 is 1.08 bits per heavy atom. The Kier molecular flexibility index (Phi) is 59.0. The molecule has 6 heteroatoms. The molecule has 0 amide bonds. The molecule has 0 saturated carbocycles. The van der Waals surface area contributed by atoms with E-state index in [1.807, 2.05) is 0 Å². The van der Waals surface area contributed by atoms with Crippen molar-refractivity contribution >= 4 is 29.8 Å². The molecule has 0 heterocycles. The molecule has 0 saturated heterocycles. The SMILES string of the molecule is [AlH3].[N-]=CC=C[NH-].[N-]=CC=C[NH-].[Ni]. The second-order valence-electron chi connectivity index (χ2n) is 1.02. The van der Waals surface area contributed by atoms with Gasteiger partial charge < -0.3 is 22.3 Å². The van der Waals surface area contributed by atoms with Gasteiger partial charge in [-0.05, 0) is 0 Å². The van der Waals surface area contributed by atoms with Gasteiger partial charge in [0.05, 0.1) is 0 Å². The summed E-state index contributed by atoms with van der Waals surface area (Å²) in [5.41, 5.74) is 12.5.